The number of nitrogens with one attached hydrogen (secondary N) is 1. The van der Waals surface area contributed by atoms with Gasteiger partial charge in [-0.25, -0.2) is 13.1 Å². The van der Waals surface area contributed by atoms with Crippen molar-refractivity contribution in [1.29, 1.82) is 0 Å². The smallest absolute Gasteiger partial charge is 0.215 e. The first kappa shape index (κ1) is 16.7. The Kier molecular flexibility index (Phi) is 4.45. The first-order valence-electron chi connectivity index (χ1n) is 7.58. The van der Waals surface area contributed by atoms with Crippen LogP contribution in [0, 0.1) is 0 Å². The zero-order chi connectivity index (χ0) is 17.2. The summed E-state index contributed by atoms with van der Waals surface area (Å²) >= 11 is 0. The van der Waals surface area contributed by atoms with Crippen molar-refractivity contribution in [2.45, 2.75) is 18.3 Å². The Morgan fingerprint density at radius 3 is 2.46 bits per heavy atom. The van der Waals surface area contributed by atoms with Crippen molar-refractivity contribution in [3.05, 3.63) is 72.0 Å². The number of sulfonamides is 1. The van der Waals surface area contributed by atoms with Crippen LogP contribution in [0.5, 0.6) is 0 Å². The van der Waals surface area contributed by atoms with Gasteiger partial charge in [-0.3, -0.25) is 0 Å². The van der Waals surface area contributed by atoms with E-state index < -0.39 is 15.6 Å². The lowest BCUT2D eigenvalue weighted by Crippen LogP contribution is -2.38. The van der Waals surface area contributed by atoms with E-state index in [0.29, 0.717) is 16.9 Å². The van der Waals surface area contributed by atoms with Crippen LogP contribution in [0.25, 0.3) is 11.0 Å². The number of hydrogen-bond acceptors (Lipinski definition) is 4. The molecule has 3 rings (SSSR count). The highest BCUT2D eigenvalue weighted by Crippen LogP contribution is 2.27. The Morgan fingerprint density at radius 1 is 1.08 bits per heavy atom. The molecule has 1 atom stereocenters. The van der Waals surface area contributed by atoms with E-state index >= 15 is 0 Å². The molecule has 5 nitrogen and oxygen atoms in total. The molecule has 24 heavy (non-hydrogen) atoms. The number of benzene rings is 2. The zero-order valence-corrected chi connectivity index (χ0v) is 14.1. The van der Waals surface area contributed by atoms with E-state index in [1.165, 1.54) is 6.92 Å². The van der Waals surface area contributed by atoms with E-state index in [-0.39, 0.29) is 12.3 Å². The molecular weight excluding hydrogens is 326 g/mol. The van der Waals surface area contributed by atoms with E-state index in [9.17, 15) is 13.5 Å². The summed E-state index contributed by atoms with van der Waals surface area (Å²) in [7, 11) is -3.56. The van der Waals surface area contributed by atoms with E-state index in [0.717, 1.165) is 5.39 Å². The second kappa shape index (κ2) is 6.39. The van der Waals surface area contributed by atoms with Gasteiger partial charge in [-0.2, -0.15) is 0 Å². The van der Waals surface area contributed by atoms with E-state index in [2.05, 4.69) is 4.72 Å². The second-order valence-electron chi connectivity index (χ2n) is 5.99. The largest absolute Gasteiger partial charge is 0.458 e. The number of rotatable bonds is 6. The molecule has 0 aliphatic carbocycles. The average molecular weight is 345 g/mol. The minimum Gasteiger partial charge on any atom is -0.458 e. The van der Waals surface area contributed by atoms with E-state index in [1.807, 2.05) is 24.3 Å². The maximum absolute atomic E-state index is 12.2. The predicted molar refractivity (Wildman–Crippen MR) is 92.9 cm³/mol. The fourth-order valence-electron chi connectivity index (χ4n) is 2.43. The number of fused-ring (bicyclic) bond motifs is 1. The summed E-state index contributed by atoms with van der Waals surface area (Å²) in [4.78, 5) is 0. The maximum Gasteiger partial charge on any atom is 0.215 e. The van der Waals surface area contributed by atoms with Gasteiger partial charge in [0.1, 0.15) is 16.9 Å². The van der Waals surface area contributed by atoms with Crippen LogP contribution in [-0.4, -0.2) is 20.1 Å². The molecule has 2 N–H and O–H groups in total. The van der Waals surface area contributed by atoms with Gasteiger partial charge in [0.15, 0.2) is 0 Å². The Hall–Kier alpha value is -2.15. The van der Waals surface area contributed by atoms with Gasteiger partial charge in [-0.15, -0.1) is 0 Å². The molecule has 0 bridgehead atoms. The van der Waals surface area contributed by atoms with Gasteiger partial charge in [0.2, 0.25) is 10.0 Å². The molecule has 0 radical (unpaired) electrons. The second-order valence-corrected chi connectivity index (χ2v) is 7.79. The fourth-order valence-corrected chi connectivity index (χ4v) is 3.66. The molecule has 0 spiro atoms. The highest BCUT2D eigenvalue weighted by Gasteiger charge is 2.29. The number of furan rings is 1. The van der Waals surface area contributed by atoms with Crippen molar-refractivity contribution in [3.63, 3.8) is 0 Å². The third-order valence-corrected chi connectivity index (χ3v) is 5.09. The van der Waals surface area contributed by atoms with Gasteiger partial charge in [0, 0.05) is 11.9 Å². The van der Waals surface area contributed by atoms with Crippen LogP contribution in [0.2, 0.25) is 0 Å². The Morgan fingerprint density at radius 2 is 1.75 bits per heavy atom. The normalized spacial score (nSPS) is 14.6. The van der Waals surface area contributed by atoms with Gasteiger partial charge < -0.3 is 9.52 Å². The predicted octanol–water partition coefficient (Wildman–Crippen LogP) is 2.76. The van der Waals surface area contributed by atoms with Crippen molar-refractivity contribution in [2.24, 2.45) is 0 Å². The molecule has 126 valence electrons. The fraction of sp³-hybridized carbons (Fsp3) is 0.222. The summed E-state index contributed by atoms with van der Waals surface area (Å²) in [6, 6.07) is 18.0. The lowest BCUT2D eigenvalue weighted by Gasteiger charge is -2.21. The van der Waals surface area contributed by atoms with Crippen molar-refractivity contribution in [1.82, 2.24) is 4.72 Å². The van der Waals surface area contributed by atoms with Gasteiger partial charge in [-0.1, -0.05) is 48.5 Å². The Balaban J connectivity index is 1.72. The standard InChI is InChI=1S/C18H19NO4S/c1-18(20,17-11-15-9-5-6-10-16(15)23-17)13-19-24(21,22)12-14-7-3-2-4-8-14/h2-11,19-20H,12-13H2,1H3/t18-/m0/s1. The van der Waals surface area contributed by atoms with Crippen LogP contribution in [0.15, 0.2) is 65.1 Å². The van der Waals surface area contributed by atoms with Gasteiger partial charge in [0.05, 0.1) is 5.75 Å². The average Bonchev–Trinajstić information content (AvgIpc) is 2.99. The van der Waals surface area contributed by atoms with E-state index in [4.69, 9.17) is 4.42 Å². The summed E-state index contributed by atoms with van der Waals surface area (Å²) in [5, 5.41) is 11.5. The lowest BCUT2D eigenvalue weighted by atomic mass is 10.0. The number of aliphatic hydroxyl groups is 1. The van der Waals surface area contributed by atoms with Crippen LogP contribution in [0.3, 0.4) is 0 Å². The van der Waals surface area contributed by atoms with Crippen molar-refractivity contribution in [2.75, 3.05) is 6.54 Å². The quantitative estimate of drug-likeness (QED) is 0.720. The van der Waals surface area contributed by atoms with Gasteiger partial charge in [-0.05, 0) is 24.6 Å². The lowest BCUT2D eigenvalue weighted by molar-refractivity contribution is 0.0411. The Bertz CT molecular complexity index is 897. The minimum atomic E-state index is -3.56. The molecular formula is C18H19NO4S. The third kappa shape index (κ3) is 3.84. The van der Waals surface area contributed by atoms with Crippen LogP contribution in [0.1, 0.15) is 18.2 Å². The molecule has 6 heteroatoms. The summed E-state index contributed by atoms with van der Waals surface area (Å²) < 4.78 is 32.5. The molecule has 1 aromatic heterocycles. The molecule has 0 unspecified atom stereocenters. The van der Waals surface area contributed by atoms with Crippen LogP contribution in [-0.2, 0) is 21.4 Å². The molecule has 0 saturated carbocycles. The molecule has 0 aliphatic rings. The number of para-hydroxylation sites is 1. The molecule has 0 fully saturated rings. The zero-order valence-electron chi connectivity index (χ0n) is 13.3. The molecule has 2 aromatic carbocycles. The van der Waals surface area contributed by atoms with Crippen molar-refractivity contribution < 1.29 is 17.9 Å². The molecule has 3 aromatic rings. The van der Waals surface area contributed by atoms with E-state index in [1.54, 1.807) is 36.4 Å². The molecule has 0 aliphatic heterocycles. The minimum absolute atomic E-state index is 0.135. The van der Waals surface area contributed by atoms with Gasteiger partial charge in [0.25, 0.3) is 0 Å². The van der Waals surface area contributed by atoms with Crippen LogP contribution < -0.4 is 4.72 Å². The van der Waals surface area contributed by atoms with Crippen LogP contribution >= 0.6 is 0 Å². The maximum atomic E-state index is 12.2. The van der Waals surface area contributed by atoms with Crippen molar-refractivity contribution >= 4 is 21.0 Å². The summed E-state index contributed by atoms with van der Waals surface area (Å²) in [6.07, 6.45) is 0. The topological polar surface area (TPSA) is 79.5 Å². The molecule has 0 amide bonds. The van der Waals surface area contributed by atoms with Crippen molar-refractivity contribution in [3.8, 4) is 0 Å². The SMILES string of the molecule is C[C@](O)(CNS(=O)(=O)Cc1ccccc1)c1cc2ccccc2o1. The Labute approximate surface area is 141 Å². The van der Waals surface area contributed by atoms with Gasteiger partial charge >= 0.3 is 0 Å². The first-order chi connectivity index (χ1) is 11.4. The third-order valence-electron chi connectivity index (χ3n) is 3.79. The highest BCUT2D eigenvalue weighted by molar-refractivity contribution is 7.88. The highest BCUT2D eigenvalue weighted by atomic mass is 32.2. The first-order valence-corrected chi connectivity index (χ1v) is 9.24. The number of hydrogen-bond donors (Lipinski definition) is 2. The molecule has 0 saturated heterocycles. The summed E-state index contributed by atoms with van der Waals surface area (Å²) in [6.45, 7) is 1.36. The summed E-state index contributed by atoms with van der Waals surface area (Å²) in [5.41, 5.74) is -0.101. The monoisotopic (exact) mass is 345 g/mol. The summed E-state index contributed by atoms with van der Waals surface area (Å²) in [5.74, 6) is 0.190. The van der Waals surface area contributed by atoms with Crippen LogP contribution in [0.4, 0.5) is 0 Å². The molecule has 1 heterocycles.